The van der Waals surface area contributed by atoms with Gasteiger partial charge in [0.05, 0.1) is 13.2 Å². The number of anilines is 1. The van der Waals surface area contributed by atoms with Gasteiger partial charge in [-0.1, -0.05) is 13.0 Å². The molecule has 3 rings (SSSR count). The van der Waals surface area contributed by atoms with Gasteiger partial charge in [0.15, 0.2) is 0 Å². The molecule has 3 heterocycles. The Hall–Kier alpha value is -1.13. The first-order chi connectivity index (χ1) is 9.90. The maximum absolute atomic E-state index is 5.47. The normalized spacial score (nSPS) is 24.2. The van der Waals surface area contributed by atoms with Crippen LogP contribution in [0, 0.1) is 0 Å². The number of rotatable bonds is 4. The van der Waals surface area contributed by atoms with Crippen molar-refractivity contribution in [2.24, 2.45) is 0 Å². The molecular formula is C16H25N3O. The molecule has 110 valence electrons. The Labute approximate surface area is 121 Å². The summed E-state index contributed by atoms with van der Waals surface area (Å²) in [4.78, 5) is 9.70. The van der Waals surface area contributed by atoms with Crippen molar-refractivity contribution < 1.29 is 4.74 Å². The molecule has 1 aromatic heterocycles. The van der Waals surface area contributed by atoms with E-state index in [1.165, 1.54) is 43.7 Å². The Kier molecular flexibility index (Phi) is 4.53. The van der Waals surface area contributed by atoms with Crippen LogP contribution in [-0.2, 0) is 4.74 Å². The van der Waals surface area contributed by atoms with E-state index in [-0.39, 0.29) is 0 Å². The fraction of sp³-hybridized carbons (Fsp3) is 0.688. The third-order valence-electron chi connectivity index (χ3n) is 4.36. The molecule has 2 saturated heterocycles. The van der Waals surface area contributed by atoms with E-state index in [0.717, 1.165) is 26.3 Å². The maximum Gasteiger partial charge on any atom is 0.133 e. The highest BCUT2D eigenvalue weighted by molar-refractivity contribution is 5.49. The number of hydrogen-bond acceptors (Lipinski definition) is 4. The smallest absolute Gasteiger partial charge is 0.133 e. The van der Waals surface area contributed by atoms with Crippen LogP contribution in [0.4, 0.5) is 5.82 Å². The fourth-order valence-corrected chi connectivity index (χ4v) is 3.44. The van der Waals surface area contributed by atoms with E-state index in [1.807, 2.05) is 6.20 Å². The van der Waals surface area contributed by atoms with Crippen molar-refractivity contribution in [3.8, 4) is 0 Å². The molecule has 0 radical (unpaired) electrons. The predicted molar refractivity (Wildman–Crippen MR) is 81.1 cm³/mol. The van der Waals surface area contributed by atoms with Crippen LogP contribution < -0.4 is 4.90 Å². The summed E-state index contributed by atoms with van der Waals surface area (Å²) in [6.45, 7) is 8.26. The summed E-state index contributed by atoms with van der Waals surface area (Å²) in [5.74, 6) is 1.18. The Morgan fingerprint density at radius 3 is 2.95 bits per heavy atom. The Morgan fingerprint density at radius 1 is 1.30 bits per heavy atom. The van der Waals surface area contributed by atoms with Gasteiger partial charge in [-0.05, 0) is 38.4 Å². The number of likely N-dealkylation sites (tertiary alicyclic amines) is 1. The zero-order valence-electron chi connectivity index (χ0n) is 12.4. The second-order valence-corrected chi connectivity index (χ2v) is 5.71. The highest BCUT2D eigenvalue weighted by Gasteiger charge is 2.29. The molecule has 0 saturated carbocycles. The fourth-order valence-electron chi connectivity index (χ4n) is 3.44. The van der Waals surface area contributed by atoms with E-state index in [9.17, 15) is 0 Å². The van der Waals surface area contributed by atoms with Gasteiger partial charge in [0.1, 0.15) is 5.82 Å². The van der Waals surface area contributed by atoms with Gasteiger partial charge in [-0.15, -0.1) is 0 Å². The number of morpholine rings is 1. The van der Waals surface area contributed by atoms with Crippen molar-refractivity contribution in [3.05, 3.63) is 23.9 Å². The molecule has 1 aromatic rings. The summed E-state index contributed by atoms with van der Waals surface area (Å²) in [5.41, 5.74) is 1.42. The van der Waals surface area contributed by atoms with Gasteiger partial charge >= 0.3 is 0 Å². The molecule has 0 spiro atoms. The van der Waals surface area contributed by atoms with Crippen LogP contribution >= 0.6 is 0 Å². The molecule has 4 nitrogen and oxygen atoms in total. The molecule has 0 bridgehead atoms. The average Bonchev–Trinajstić information content (AvgIpc) is 2.97. The number of pyridine rings is 1. The van der Waals surface area contributed by atoms with Gasteiger partial charge in [-0.25, -0.2) is 4.98 Å². The third kappa shape index (κ3) is 2.81. The van der Waals surface area contributed by atoms with Gasteiger partial charge in [0, 0.05) is 30.9 Å². The van der Waals surface area contributed by atoms with Crippen LogP contribution in [0.25, 0.3) is 0 Å². The van der Waals surface area contributed by atoms with E-state index >= 15 is 0 Å². The van der Waals surface area contributed by atoms with Gasteiger partial charge in [-0.3, -0.25) is 4.90 Å². The molecule has 20 heavy (non-hydrogen) atoms. The Balaban J connectivity index is 1.85. The molecule has 0 aromatic carbocycles. The Bertz CT molecular complexity index is 431. The number of aromatic nitrogens is 1. The molecule has 0 unspecified atom stereocenters. The molecule has 0 amide bonds. The summed E-state index contributed by atoms with van der Waals surface area (Å²) in [6.07, 6.45) is 5.72. The molecule has 2 aliphatic rings. The van der Waals surface area contributed by atoms with Crippen LogP contribution in [0.2, 0.25) is 0 Å². The lowest BCUT2D eigenvalue weighted by atomic mass is 10.0. The zero-order valence-corrected chi connectivity index (χ0v) is 12.4. The molecule has 1 atom stereocenters. The summed E-state index contributed by atoms with van der Waals surface area (Å²) >= 11 is 0. The molecule has 0 N–H and O–H groups in total. The molecule has 4 heteroatoms. The highest BCUT2D eigenvalue weighted by atomic mass is 16.5. The molecule has 2 aliphatic heterocycles. The Morgan fingerprint density at radius 2 is 2.15 bits per heavy atom. The summed E-state index contributed by atoms with van der Waals surface area (Å²) < 4.78 is 5.47. The quantitative estimate of drug-likeness (QED) is 0.844. The minimum absolute atomic E-state index is 0.557. The predicted octanol–water partition coefficient (Wildman–Crippen LogP) is 2.47. The summed E-state index contributed by atoms with van der Waals surface area (Å²) in [7, 11) is 0. The van der Waals surface area contributed by atoms with Gasteiger partial charge in [-0.2, -0.15) is 0 Å². The summed E-state index contributed by atoms with van der Waals surface area (Å²) in [5, 5.41) is 0. The standard InChI is InChI=1S/C16H25N3O/c1-2-8-18-9-4-6-15(18)14-5-3-7-17-16(14)19-10-12-20-13-11-19/h3,5,7,15H,2,4,6,8-13H2,1H3/t15-/m1/s1. The van der Waals surface area contributed by atoms with Crippen molar-refractivity contribution >= 4 is 5.82 Å². The van der Waals surface area contributed by atoms with Gasteiger partial charge < -0.3 is 9.64 Å². The molecular weight excluding hydrogens is 250 g/mol. The zero-order chi connectivity index (χ0) is 13.8. The molecule has 2 fully saturated rings. The first-order valence-electron chi connectivity index (χ1n) is 7.92. The van der Waals surface area contributed by atoms with E-state index < -0.39 is 0 Å². The van der Waals surface area contributed by atoms with Crippen molar-refractivity contribution in [1.29, 1.82) is 0 Å². The lowest BCUT2D eigenvalue weighted by Gasteiger charge is -2.32. The monoisotopic (exact) mass is 275 g/mol. The first kappa shape index (κ1) is 13.8. The summed E-state index contributed by atoms with van der Waals surface area (Å²) in [6, 6.07) is 4.92. The van der Waals surface area contributed by atoms with Crippen LogP contribution in [0.3, 0.4) is 0 Å². The largest absolute Gasteiger partial charge is 0.378 e. The SMILES string of the molecule is CCCN1CCC[C@@H]1c1cccnc1N1CCOCC1. The van der Waals surface area contributed by atoms with Crippen LogP contribution in [-0.4, -0.2) is 49.3 Å². The lowest BCUT2D eigenvalue weighted by Crippen LogP contribution is -2.38. The maximum atomic E-state index is 5.47. The van der Waals surface area contributed by atoms with Crippen molar-refractivity contribution in [3.63, 3.8) is 0 Å². The van der Waals surface area contributed by atoms with Gasteiger partial charge in [0.2, 0.25) is 0 Å². The van der Waals surface area contributed by atoms with Crippen molar-refractivity contribution in [2.45, 2.75) is 32.2 Å². The van der Waals surface area contributed by atoms with E-state index in [0.29, 0.717) is 6.04 Å². The minimum atomic E-state index is 0.557. The van der Waals surface area contributed by atoms with E-state index in [1.54, 1.807) is 0 Å². The third-order valence-corrected chi connectivity index (χ3v) is 4.36. The second kappa shape index (κ2) is 6.55. The number of nitrogens with zero attached hydrogens (tertiary/aromatic N) is 3. The number of hydrogen-bond donors (Lipinski definition) is 0. The minimum Gasteiger partial charge on any atom is -0.378 e. The van der Waals surface area contributed by atoms with Crippen molar-refractivity contribution in [2.75, 3.05) is 44.3 Å². The van der Waals surface area contributed by atoms with Gasteiger partial charge in [0.25, 0.3) is 0 Å². The average molecular weight is 275 g/mol. The first-order valence-corrected chi connectivity index (χ1v) is 7.92. The van der Waals surface area contributed by atoms with Crippen LogP contribution in [0.15, 0.2) is 18.3 Å². The second-order valence-electron chi connectivity index (χ2n) is 5.71. The van der Waals surface area contributed by atoms with Crippen molar-refractivity contribution in [1.82, 2.24) is 9.88 Å². The van der Waals surface area contributed by atoms with Crippen LogP contribution in [0.1, 0.15) is 37.8 Å². The van der Waals surface area contributed by atoms with Crippen LogP contribution in [0.5, 0.6) is 0 Å². The number of ether oxygens (including phenoxy) is 1. The topological polar surface area (TPSA) is 28.6 Å². The lowest BCUT2D eigenvalue weighted by molar-refractivity contribution is 0.122. The molecule has 0 aliphatic carbocycles. The van der Waals surface area contributed by atoms with E-state index in [2.05, 4.69) is 33.8 Å². The highest BCUT2D eigenvalue weighted by Crippen LogP contribution is 2.36. The van der Waals surface area contributed by atoms with E-state index in [4.69, 9.17) is 4.74 Å².